The summed E-state index contributed by atoms with van der Waals surface area (Å²) >= 11 is 3.29. The zero-order valence-electron chi connectivity index (χ0n) is 8.12. The molecule has 2 unspecified atom stereocenters. The Morgan fingerprint density at radius 1 is 1.69 bits per heavy atom. The van der Waals surface area contributed by atoms with Crippen molar-refractivity contribution in [1.29, 1.82) is 0 Å². The summed E-state index contributed by atoms with van der Waals surface area (Å²) in [4.78, 5) is 13.4. The highest BCUT2D eigenvalue weighted by Gasteiger charge is 2.25. The zero-order valence-corrected chi connectivity index (χ0v) is 9.71. The molecule has 1 amide bonds. The Kier molecular flexibility index (Phi) is 4.19. The molecule has 1 heterocycles. The molecular formula is C9H16BrNO2. The minimum absolute atomic E-state index is 0.0805. The number of ether oxygens (including phenoxy) is 1. The molecule has 1 fully saturated rings. The lowest BCUT2D eigenvalue weighted by molar-refractivity contribution is -0.133. The van der Waals surface area contributed by atoms with Gasteiger partial charge in [-0.2, -0.15) is 0 Å². The van der Waals surface area contributed by atoms with Gasteiger partial charge in [0.25, 0.3) is 0 Å². The van der Waals surface area contributed by atoms with Crippen LogP contribution in [0.3, 0.4) is 0 Å². The van der Waals surface area contributed by atoms with Crippen LogP contribution in [0, 0.1) is 0 Å². The van der Waals surface area contributed by atoms with Crippen molar-refractivity contribution in [2.24, 2.45) is 0 Å². The highest BCUT2D eigenvalue weighted by Crippen LogP contribution is 2.15. The number of nitrogens with zero attached hydrogens (tertiary/aromatic N) is 1. The van der Waals surface area contributed by atoms with Crippen molar-refractivity contribution in [3.8, 4) is 0 Å². The third kappa shape index (κ3) is 2.95. The fourth-order valence-corrected chi connectivity index (χ4v) is 1.87. The number of hydrogen-bond acceptors (Lipinski definition) is 2. The van der Waals surface area contributed by atoms with E-state index in [1.165, 1.54) is 0 Å². The van der Waals surface area contributed by atoms with E-state index in [-0.39, 0.29) is 16.8 Å². The lowest BCUT2D eigenvalue weighted by atomic mass is 10.1. The minimum Gasteiger partial charge on any atom is -0.380 e. The lowest BCUT2D eigenvalue weighted by Crippen LogP contribution is -2.45. The first-order chi connectivity index (χ1) is 6.15. The highest BCUT2D eigenvalue weighted by atomic mass is 79.9. The molecule has 0 aromatic carbocycles. The molecule has 1 aliphatic heterocycles. The first-order valence-electron chi connectivity index (χ1n) is 4.60. The largest absolute Gasteiger partial charge is 0.380 e. The van der Waals surface area contributed by atoms with Crippen LogP contribution >= 0.6 is 15.9 Å². The van der Waals surface area contributed by atoms with Gasteiger partial charge < -0.3 is 9.64 Å². The third-order valence-electron chi connectivity index (χ3n) is 2.36. The second kappa shape index (κ2) is 4.96. The van der Waals surface area contributed by atoms with Gasteiger partial charge in [-0.3, -0.25) is 4.79 Å². The Labute approximate surface area is 87.6 Å². The molecule has 4 heteroatoms. The smallest absolute Gasteiger partial charge is 0.236 e. The van der Waals surface area contributed by atoms with Crippen LogP contribution in [0.4, 0.5) is 0 Å². The molecule has 13 heavy (non-hydrogen) atoms. The summed E-state index contributed by atoms with van der Waals surface area (Å²) in [6, 6.07) is 0. The van der Waals surface area contributed by atoms with Crippen LogP contribution in [0.5, 0.6) is 0 Å². The standard InChI is InChI=1S/C9H16BrNO2/c1-7(10)9(12)11-5-3-4-8(6-11)13-2/h7-8H,3-6H2,1-2H3. The van der Waals surface area contributed by atoms with E-state index in [1.807, 2.05) is 11.8 Å². The molecule has 1 aliphatic rings. The molecule has 2 atom stereocenters. The van der Waals surface area contributed by atoms with E-state index in [2.05, 4.69) is 15.9 Å². The number of rotatable bonds is 2. The fraction of sp³-hybridized carbons (Fsp3) is 0.889. The van der Waals surface area contributed by atoms with Gasteiger partial charge in [-0.1, -0.05) is 15.9 Å². The van der Waals surface area contributed by atoms with E-state index in [1.54, 1.807) is 7.11 Å². The quantitative estimate of drug-likeness (QED) is 0.693. The molecule has 0 N–H and O–H groups in total. The predicted molar refractivity (Wildman–Crippen MR) is 55.0 cm³/mol. The van der Waals surface area contributed by atoms with Gasteiger partial charge in [-0.15, -0.1) is 0 Å². The van der Waals surface area contributed by atoms with Gasteiger partial charge in [-0.25, -0.2) is 0 Å². The van der Waals surface area contributed by atoms with Crippen molar-refractivity contribution in [3.63, 3.8) is 0 Å². The molecule has 0 saturated carbocycles. The Hall–Kier alpha value is -0.0900. The number of alkyl halides is 1. The maximum Gasteiger partial charge on any atom is 0.236 e. The van der Waals surface area contributed by atoms with Crippen LogP contribution in [-0.2, 0) is 9.53 Å². The van der Waals surface area contributed by atoms with E-state index in [4.69, 9.17) is 4.74 Å². The van der Waals surface area contributed by atoms with E-state index < -0.39 is 0 Å². The van der Waals surface area contributed by atoms with E-state index in [0.29, 0.717) is 0 Å². The van der Waals surface area contributed by atoms with Crippen molar-refractivity contribution in [2.45, 2.75) is 30.7 Å². The maximum atomic E-state index is 11.6. The Bertz CT molecular complexity index is 184. The molecule has 0 aromatic rings. The first-order valence-corrected chi connectivity index (χ1v) is 5.52. The van der Waals surface area contributed by atoms with Crippen LogP contribution in [0.25, 0.3) is 0 Å². The Balaban J connectivity index is 2.46. The predicted octanol–water partition coefficient (Wildman–Crippen LogP) is 1.41. The first kappa shape index (κ1) is 11.0. The second-order valence-corrected chi connectivity index (χ2v) is 4.77. The topological polar surface area (TPSA) is 29.5 Å². The summed E-state index contributed by atoms with van der Waals surface area (Å²) in [6.07, 6.45) is 2.34. The van der Waals surface area contributed by atoms with Gasteiger partial charge in [0.05, 0.1) is 10.9 Å². The van der Waals surface area contributed by atoms with Crippen LogP contribution in [0.2, 0.25) is 0 Å². The number of piperidine rings is 1. The molecule has 1 rings (SSSR count). The molecule has 0 spiro atoms. The number of methoxy groups -OCH3 is 1. The molecule has 0 aromatic heterocycles. The Morgan fingerprint density at radius 3 is 2.92 bits per heavy atom. The number of carbonyl (C=O) groups is 1. The highest BCUT2D eigenvalue weighted by molar-refractivity contribution is 9.10. The lowest BCUT2D eigenvalue weighted by Gasteiger charge is -2.32. The summed E-state index contributed by atoms with van der Waals surface area (Å²) in [6.45, 7) is 3.47. The summed E-state index contributed by atoms with van der Waals surface area (Å²) in [5.74, 6) is 0.168. The average Bonchev–Trinajstić information content (AvgIpc) is 2.16. The van der Waals surface area contributed by atoms with Gasteiger partial charge >= 0.3 is 0 Å². The number of amides is 1. The van der Waals surface area contributed by atoms with Crippen LogP contribution in [0.1, 0.15) is 19.8 Å². The van der Waals surface area contributed by atoms with Crippen LogP contribution in [-0.4, -0.2) is 41.9 Å². The SMILES string of the molecule is COC1CCCN(C(=O)C(C)Br)C1. The normalized spacial score (nSPS) is 25.8. The average molecular weight is 250 g/mol. The fourth-order valence-electron chi connectivity index (χ4n) is 1.58. The van der Waals surface area contributed by atoms with E-state index in [0.717, 1.165) is 25.9 Å². The van der Waals surface area contributed by atoms with Crippen molar-refractivity contribution in [3.05, 3.63) is 0 Å². The molecule has 0 bridgehead atoms. The van der Waals surface area contributed by atoms with Crippen molar-refractivity contribution in [1.82, 2.24) is 4.90 Å². The summed E-state index contributed by atoms with van der Waals surface area (Å²) < 4.78 is 5.24. The molecule has 3 nitrogen and oxygen atoms in total. The number of hydrogen-bond donors (Lipinski definition) is 0. The summed E-state index contributed by atoms with van der Waals surface area (Å²) in [7, 11) is 1.70. The van der Waals surface area contributed by atoms with Crippen LogP contribution < -0.4 is 0 Å². The van der Waals surface area contributed by atoms with Crippen molar-refractivity contribution >= 4 is 21.8 Å². The molecule has 0 radical (unpaired) electrons. The second-order valence-electron chi connectivity index (χ2n) is 3.40. The Morgan fingerprint density at radius 2 is 2.38 bits per heavy atom. The van der Waals surface area contributed by atoms with Gasteiger partial charge in [0.2, 0.25) is 5.91 Å². The van der Waals surface area contributed by atoms with Gasteiger partial charge in [0.15, 0.2) is 0 Å². The summed E-state index contributed by atoms with van der Waals surface area (Å²) in [5.41, 5.74) is 0. The number of halogens is 1. The number of likely N-dealkylation sites (tertiary alicyclic amines) is 1. The van der Waals surface area contributed by atoms with Crippen molar-refractivity contribution in [2.75, 3.05) is 20.2 Å². The van der Waals surface area contributed by atoms with Crippen LogP contribution in [0.15, 0.2) is 0 Å². The third-order valence-corrected chi connectivity index (χ3v) is 2.76. The van der Waals surface area contributed by atoms with Crippen molar-refractivity contribution < 1.29 is 9.53 Å². The monoisotopic (exact) mass is 249 g/mol. The van der Waals surface area contributed by atoms with Gasteiger partial charge in [-0.05, 0) is 19.8 Å². The van der Waals surface area contributed by atoms with Gasteiger partial charge in [0.1, 0.15) is 0 Å². The summed E-state index contributed by atoms with van der Waals surface area (Å²) in [5, 5.41) is 0. The number of carbonyl (C=O) groups excluding carboxylic acids is 1. The van der Waals surface area contributed by atoms with E-state index >= 15 is 0 Å². The van der Waals surface area contributed by atoms with Gasteiger partial charge in [0, 0.05) is 20.2 Å². The zero-order chi connectivity index (χ0) is 9.84. The molecule has 1 saturated heterocycles. The maximum absolute atomic E-state index is 11.6. The molecule has 0 aliphatic carbocycles. The van der Waals surface area contributed by atoms with E-state index in [9.17, 15) is 4.79 Å². The molecule has 76 valence electrons. The molecular weight excluding hydrogens is 234 g/mol. The minimum atomic E-state index is -0.0805.